The molecule has 0 aliphatic carbocycles. The number of fused-ring (bicyclic) bond motifs is 1. The molecule has 0 saturated heterocycles. The van der Waals surface area contributed by atoms with E-state index in [1.165, 1.54) is 0 Å². The highest BCUT2D eigenvalue weighted by Gasteiger charge is 2.04. The zero-order valence-corrected chi connectivity index (χ0v) is 11.0. The Hall–Kier alpha value is -1.42. The van der Waals surface area contributed by atoms with E-state index < -0.39 is 0 Å². The number of aryl methyl sites for hydroxylation is 1. The lowest BCUT2D eigenvalue weighted by Gasteiger charge is -2.08. The first-order chi connectivity index (χ1) is 8.22. The lowest BCUT2D eigenvalue weighted by atomic mass is 10.2. The molecular formula is C13H13BrN2O. The largest absolute Gasteiger partial charge is 0.348 e. The molecule has 0 aliphatic heterocycles. The Morgan fingerprint density at radius 3 is 3.06 bits per heavy atom. The highest BCUT2D eigenvalue weighted by Crippen LogP contribution is 2.18. The van der Waals surface area contributed by atoms with E-state index in [0.29, 0.717) is 6.54 Å². The van der Waals surface area contributed by atoms with E-state index in [9.17, 15) is 4.79 Å². The summed E-state index contributed by atoms with van der Waals surface area (Å²) in [5.74, 6) is 0. The molecule has 0 unspecified atom stereocenters. The Labute approximate surface area is 108 Å². The summed E-state index contributed by atoms with van der Waals surface area (Å²) in [6.45, 7) is 4.35. The van der Waals surface area contributed by atoms with Crippen molar-refractivity contribution in [3.63, 3.8) is 0 Å². The van der Waals surface area contributed by atoms with Crippen molar-refractivity contribution >= 4 is 26.8 Å². The van der Waals surface area contributed by atoms with Crippen molar-refractivity contribution < 1.29 is 0 Å². The van der Waals surface area contributed by atoms with Gasteiger partial charge in [0.25, 0.3) is 0 Å². The average molecular weight is 293 g/mol. The first-order valence-electron chi connectivity index (χ1n) is 5.48. The van der Waals surface area contributed by atoms with Crippen molar-refractivity contribution in [2.45, 2.75) is 19.4 Å². The molecule has 2 rings (SSSR count). The van der Waals surface area contributed by atoms with Gasteiger partial charge in [0.05, 0.1) is 5.52 Å². The SMILES string of the molecule is C=CCCCn1c(=O)ncc2ccc(Br)cc21. The lowest BCUT2D eigenvalue weighted by molar-refractivity contribution is 0.635. The van der Waals surface area contributed by atoms with E-state index in [2.05, 4.69) is 27.5 Å². The Bertz CT molecular complexity index is 604. The maximum absolute atomic E-state index is 11.7. The van der Waals surface area contributed by atoms with Crippen molar-refractivity contribution in [2.24, 2.45) is 0 Å². The molecule has 1 aromatic carbocycles. The van der Waals surface area contributed by atoms with Crippen LogP contribution in [0.4, 0.5) is 0 Å². The van der Waals surface area contributed by atoms with Gasteiger partial charge in [-0.3, -0.25) is 4.57 Å². The van der Waals surface area contributed by atoms with E-state index in [-0.39, 0.29) is 5.69 Å². The molecule has 88 valence electrons. The predicted octanol–water partition coefficient (Wildman–Crippen LogP) is 3.13. The van der Waals surface area contributed by atoms with E-state index in [1.54, 1.807) is 10.8 Å². The normalized spacial score (nSPS) is 10.6. The van der Waals surface area contributed by atoms with Crippen LogP contribution in [0.1, 0.15) is 12.8 Å². The fraction of sp³-hybridized carbons (Fsp3) is 0.231. The number of hydrogen-bond acceptors (Lipinski definition) is 2. The molecule has 0 atom stereocenters. The first-order valence-corrected chi connectivity index (χ1v) is 6.27. The second-order valence-electron chi connectivity index (χ2n) is 3.83. The van der Waals surface area contributed by atoms with Crippen molar-refractivity contribution in [2.75, 3.05) is 0 Å². The number of allylic oxidation sites excluding steroid dienone is 1. The van der Waals surface area contributed by atoms with Crippen molar-refractivity contribution in [3.05, 3.63) is 52.0 Å². The van der Waals surface area contributed by atoms with Crippen molar-refractivity contribution in [3.8, 4) is 0 Å². The number of halogens is 1. The summed E-state index contributed by atoms with van der Waals surface area (Å²) in [6.07, 6.45) is 5.28. The van der Waals surface area contributed by atoms with Gasteiger partial charge in [-0.15, -0.1) is 6.58 Å². The van der Waals surface area contributed by atoms with E-state index in [1.807, 2.05) is 24.3 Å². The summed E-state index contributed by atoms with van der Waals surface area (Å²) in [4.78, 5) is 15.6. The third-order valence-electron chi connectivity index (χ3n) is 2.62. The quantitative estimate of drug-likeness (QED) is 0.641. The zero-order chi connectivity index (χ0) is 12.3. The highest BCUT2D eigenvalue weighted by atomic mass is 79.9. The molecule has 0 bridgehead atoms. The lowest BCUT2D eigenvalue weighted by Crippen LogP contribution is -2.22. The molecular weight excluding hydrogens is 280 g/mol. The van der Waals surface area contributed by atoms with Gasteiger partial charge in [0.2, 0.25) is 0 Å². The van der Waals surface area contributed by atoms with Crippen LogP contribution in [0.3, 0.4) is 0 Å². The van der Waals surface area contributed by atoms with Crippen LogP contribution in [0.25, 0.3) is 10.9 Å². The van der Waals surface area contributed by atoms with Gasteiger partial charge in [0.1, 0.15) is 0 Å². The Kier molecular flexibility index (Phi) is 3.74. The summed E-state index contributed by atoms with van der Waals surface area (Å²) < 4.78 is 2.68. The van der Waals surface area contributed by atoms with Gasteiger partial charge in [-0.05, 0) is 25.0 Å². The fourth-order valence-corrected chi connectivity index (χ4v) is 2.12. The Balaban J connectivity index is 2.50. The van der Waals surface area contributed by atoms with Gasteiger partial charge in [0.15, 0.2) is 0 Å². The van der Waals surface area contributed by atoms with Gasteiger partial charge in [-0.25, -0.2) is 9.78 Å². The molecule has 0 aliphatic rings. The zero-order valence-electron chi connectivity index (χ0n) is 9.40. The van der Waals surface area contributed by atoms with Gasteiger partial charge >= 0.3 is 5.69 Å². The van der Waals surface area contributed by atoms with E-state index in [0.717, 1.165) is 28.2 Å². The van der Waals surface area contributed by atoms with Crippen LogP contribution in [-0.2, 0) is 6.54 Å². The average Bonchev–Trinajstić information content (AvgIpc) is 2.32. The molecule has 2 aromatic rings. The molecule has 4 heteroatoms. The molecule has 0 amide bonds. The summed E-state index contributed by atoms with van der Waals surface area (Å²) >= 11 is 3.42. The summed E-state index contributed by atoms with van der Waals surface area (Å²) in [7, 11) is 0. The first kappa shape index (κ1) is 12.0. The molecule has 0 radical (unpaired) electrons. The Morgan fingerprint density at radius 2 is 2.29 bits per heavy atom. The van der Waals surface area contributed by atoms with E-state index >= 15 is 0 Å². The summed E-state index contributed by atoms with van der Waals surface area (Å²) in [5.41, 5.74) is 0.725. The minimum atomic E-state index is -0.195. The number of benzene rings is 1. The van der Waals surface area contributed by atoms with Gasteiger partial charge in [-0.2, -0.15) is 0 Å². The molecule has 0 saturated carbocycles. The monoisotopic (exact) mass is 292 g/mol. The van der Waals surface area contributed by atoms with Crippen LogP contribution < -0.4 is 5.69 Å². The molecule has 0 fully saturated rings. The fourth-order valence-electron chi connectivity index (χ4n) is 1.77. The van der Waals surface area contributed by atoms with E-state index in [4.69, 9.17) is 0 Å². The van der Waals surface area contributed by atoms with Crippen LogP contribution in [0, 0.1) is 0 Å². The summed E-state index contributed by atoms with van der Waals surface area (Å²) in [5, 5.41) is 0.978. The number of unbranched alkanes of at least 4 members (excludes halogenated alkanes) is 1. The maximum atomic E-state index is 11.7. The van der Waals surface area contributed by atoms with Crippen molar-refractivity contribution in [1.29, 1.82) is 0 Å². The number of nitrogens with zero attached hydrogens (tertiary/aromatic N) is 2. The van der Waals surface area contributed by atoms with Crippen LogP contribution in [-0.4, -0.2) is 9.55 Å². The molecule has 1 aromatic heterocycles. The second kappa shape index (κ2) is 5.27. The van der Waals surface area contributed by atoms with Gasteiger partial charge in [-0.1, -0.05) is 28.1 Å². The van der Waals surface area contributed by atoms with Crippen LogP contribution in [0.15, 0.2) is 46.3 Å². The topological polar surface area (TPSA) is 34.9 Å². The molecule has 0 spiro atoms. The maximum Gasteiger partial charge on any atom is 0.348 e. The predicted molar refractivity (Wildman–Crippen MR) is 73.1 cm³/mol. The van der Waals surface area contributed by atoms with Gasteiger partial charge < -0.3 is 0 Å². The third-order valence-corrected chi connectivity index (χ3v) is 3.11. The smallest absolute Gasteiger partial charge is 0.292 e. The third kappa shape index (κ3) is 2.64. The van der Waals surface area contributed by atoms with Gasteiger partial charge in [0, 0.05) is 22.6 Å². The molecule has 17 heavy (non-hydrogen) atoms. The minimum Gasteiger partial charge on any atom is -0.292 e. The Morgan fingerprint density at radius 1 is 1.47 bits per heavy atom. The van der Waals surface area contributed by atoms with Crippen LogP contribution in [0.2, 0.25) is 0 Å². The standard InChI is InChI=1S/C13H13BrN2O/c1-2-3-4-7-16-12-8-11(14)6-5-10(12)9-15-13(16)17/h2,5-6,8-9H,1,3-4,7H2. The molecule has 3 nitrogen and oxygen atoms in total. The summed E-state index contributed by atoms with van der Waals surface area (Å²) in [6, 6.07) is 5.85. The second-order valence-corrected chi connectivity index (χ2v) is 4.74. The minimum absolute atomic E-state index is 0.195. The molecule has 0 N–H and O–H groups in total. The van der Waals surface area contributed by atoms with Crippen LogP contribution >= 0.6 is 15.9 Å². The number of rotatable bonds is 4. The van der Waals surface area contributed by atoms with Crippen LogP contribution in [0.5, 0.6) is 0 Å². The highest BCUT2D eigenvalue weighted by molar-refractivity contribution is 9.10. The molecule has 1 heterocycles. The number of aromatic nitrogens is 2. The number of hydrogen-bond donors (Lipinski definition) is 0. The van der Waals surface area contributed by atoms with Crippen molar-refractivity contribution in [1.82, 2.24) is 9.55 Å².